The quantitative estimate of drug-likeness (QED) is 0.295. The topological polar surface area (TPSA) is 112 Å². The molecule has 2 amide bonds. The summed E-state index contributed by atoms with van der Waals surface area (Å²) >= 11 is 6.58. The Morgan fingerprint density at radius 3 is 2.56 bits per heavy atom. The summed E-state index contributed by atoms with van der Waals surface area (Å²) < 4.78 is 13.3. The number of methoxy groups -OCH3 is 1. The number of aromatic nitrogens is 2. The van der Waals surface area contributed by atoms with Crippen LogP contribution in [0.15, 0.2) is 36.4 Å². The summed E-state index contributed by atoms with van der Waals surface area (Å²) in [6.45, 7) is 4.03. The molecule has 10 heteroatoms. The first-order valence-corrected chi connectivity index (χ1v) is 11.3. The van der Waals surface area contributed by atoms with Gasteiger partial charge in [-0.2, -0.15) is 5.10 Å². The number of anilines is 1. The molecule has 1 saturated carbocycles. The van der Waals surface area contributed by atoms with Crippen LogP contribution in [-0.4, -0.2) is 35.0 Å². The van der Waals surface area contributed by atoms with Crippen molar-refractivity contribution >= 4 is 23.3 Å². The Morgan fingerprint density at radius 1 is 1.24 bits per heavy atom. The van der Waals surface area contributed by atoms with E-state index < -0.39 is 6.03 Å². The highest BCUT2D eigenvalue weighted by Crippen LogP contribution is 2.44. The van der Waals surface area contributed by atoms with Crippen LogP contribution in [0.4, 0.5) is 10.5 Å². The van der Waals surface area contributed by atoms with E-state index in [4.69, 9.17) is 32.8 Å². The predicted molar refractivity (Wildman–Crippen MR) is 131 cm³/mol. The van der Waals surface area contributed by atoms with Crippen LogP contribution in [0.1, 0.15) is 41.3 Å². The van der Waals surface area contributed by atoms with Crippen molar-refractivity contribution in [3.8, 4) is 17.2 Å². The van der Waals surface area contributed by atoms with Crippen molar-refractivity contribution in [1.82, 2.24) is 14.8 Å². The number of aryl methyl sites for hydroxylation is 1. The van der Waals surface area contributed by atoms with Gasteiger partial charge < -0.3 is 9.47 Å². The third kappa shape index (κ3) is 4.54. The molecular weight excluding hydrogens is 456 g/mol. The molecule has 1 aromatic heterocycles. The van der Waals surface area contributed by atoms with E-state index in [1.165, 1.54) is 7.05 Å². The average Bonchev–Trinajstić information content (AvgIpc) is 3.62. The summed E-state index contributed by atoms with van der Waals surface area (Å²) in [6, 6.07) is 10.7. The second-order valence-electron chi connectivity index (χ2n) is 8.40. The Hall–Kier alpha value is -3.27. The number of halogens is 1. The molecule has 1 fully saturated rings. The Balaban J connectivity index is 1.61. The van der Waals surface area contributed by atoms with Crippen LogP contribution < -0.4 is 26.2 Å². The minimum atomic E-state index is -0.531. The van der Waals surface area contributed by atoms with E-state index in [9.17, 15) is 4.79 Å². The number of nitrogens with two attached hydrogens (primary N) is 2. The highest BCUT2D eigenvalue weighted by Gasteiger charge is 2.29. The predicted octanol–water partition coefficient (Wildman–Crippen LogP) is 4.21. The molecule has 9 nitrogen and oxygen atoms in total. The normalized spacial score (nSPS) is 13.0. The first-order valence-electron chi connectivity index (χ1n) is 10.9. The molecule has 0 unspecified atom stereocenters. The molecule has 0 aliphatic heterocycles. The number of hydrazine groups is 2. The first-order chi connectivity index (χ1) is 16.2. The number of urea groups is 1. The summed E-state index contributed by atoms with van der Waals surface area (Å²) in [5, 5.41) is 6.97. The van der Waals surface area contributed by atoms with Crippen LogP contribution in [-0.2, 0) is 6.61 Å². The Bertz CT molecular complexity index is 1220. The summed E-state index contributed by atoms with van der Waals surface area (Å²) in [7, 11) is 3.07. The monoisotopic (exact) mass is 484 g/mol. The molecule has 3 aromatic rings. The molecule has 0 atom stereocenters. The van der Waals surface area contributed by atoms with E-state index in [1.807, 2.05) is 32.0 Å². The number of benzene rings is 2. The van der Waals surface area contributed by atoms with Gasteiger partial charge in [-0.05, 0) is 62.4 Å². The fraction of sp³-hybridized carbons (Fsp3) is 0.333. The lowest BCUT2D eigenvalue weighted by Crippen LogP contribution is -2.49. The minimum absolute atomic E-state index is 0.198. The van der Waals surface area contributed by atoms with Crippen LogP contribution in [0.3, 0.4) is 0 Å². The maximum absolute atomic E-state index is 12.4. The number of nitrogens with zero attached hydrogens (tertiary/aromatic N) is 4. The number of rotatable bonds is 7. The van der Waals surface area contributed by atoms with E-state index in [0.29, 0.717) is 22.4 Å². The zero-order valence-corrected chi connectivity index (χ0v) is 20.5. The number of hydrogen-bond donors (Lipinski definition) is 2. The molecule has 2 aromatic carbocycles. The molecule has 1 aliphatic carbocycles. The lowest BCUT2D eigenvalue weighted by molar-refractivity contribution is 0.216. The highest BCUT2D eigenvalue weighted by molar-refractivity contribution is 6.32. The highest BCUT2D eigenvalue weighted by atomic mass is 35.5. The zero-order valence-electron chi connectivity index (χ0n) is 19.7. The number of carbonyl (C=O) groups is 1. The number of hydrogen-bond acceptors (Lipinski definition) is 6. The largest absolute Gasteiger partial charge is 0.493 e. The van der Waals surface area contributed by atoms with Gasteiger partial charge in [-0.15, -0.1) is 0 Å². The molecule has 34 heavy (non-hydrogen) atoms. The van der Waals surface area contributed by atoms with Gasteiger partial charge in [0.15, 0.2) is 5.75 Å². The van der Waals surface area contributed by atoms with Crippen molar-refractivity contribution in [1.29, 1.82) is 0 Å². The van der Waals surface area contributed by atoms with Crippen molar-refractivity contribution < 1.29 is 14.3 Å². The molecule has 0 spiro atoms. The fourth-order valence-electron chi connectivity index (χ4n) is 4.09. The van der Waals surface area contributed by atoms with E-state index in [1.54, 1.807) is 30.0 Å². The number of ether oxygens (including phenoxy) is 2. The fourth-order valence-corrected chi connectivity index (χ4v) is 4.32. The number of amides is 2. The van der Waals surface area contributed by atoms with Gasteiger partial charge in [-0.1, -0.05) is 23.7 Å². The van der Waals surface area contributed by atoms with Gasteiger partial charge in [0, 0.05) is 12.6 Å². The van der Waals surface area contributed by atoms with Gasteiger partial charge in [-0.25, -0.2) is 26.2 Å². The maximum Gasteiger partial charge on any atom is 0.352 e. The van der Waals surface area contributed by atoms with Gasteiger partial charge >= 0.3 is 6.03 Å². The summed E-state index contributed by atoms with van der Waals surface area (Å²) in [5.41, 5.74) is 4.98. The van der Waals surface area contributed by atoms with Crippen LogP contribution in [0.5, 0.6) is 11.5 Å². The molecule has 1 heterocycles. The lowest BCUT2D eigenvalue weighted by atomic mass is 10.0. The molecular formula is C24H29ClN6O3. The smallest absolute Gasteiger partial charge is 0.352 e. The minimum Gasteiger partial charge on any atom is -0.493 e. The molecule has 4 rings (SSSR count). The van der Waals surface area contributed by atoms with Gasteiger partial charge in [0.1, 0.15) is 18.1 Å². The molecule has 1 aliphatic rings. The lowest BCUT2D eigenvalue weighted by Gasteiger charge is -2.25. The van der Waals surface area contributed by atoms with Gasteiger partial charge in [-0.3, -0.25) is 5.01 Å². The molecule has 0 saturated heterocycles. The van der Waals surface area contributed by atoms with Crippen molar-refractivity contribution in [3.05, 3.63) is 63.9 Å². The van der Waals surface area contributed by atoms with Crippen molar-refractivity contribution in [2.75, 3.05) is 19.2 Å². The Kier molecular flexibility index (Phi) is 6.70. The van der Waals surface area contributed by atoms with Crippen molar-refractivity contribution in [3.63, 3.8) is 0 Å². The standard InChI is InChI=1S/C24H29ClN6O3/c1-14-23(33-4)15(2)31(28-14)17-10-11-22(20(25)12-17)34-13-19-18(16-8-9-16)6-5-7-21(19)30(27)24(32)29(3)26/h5-7,10-12,16H,8-9,13,26-27H2,1-4H3. The molecule has 0 radical (unpaired) electrons. The molecule has 180 valence electrons. The second-order valence-corrected chi connectivity index (χ2v) is 8.81. The average molecular weight is 485 g/mol. The second kappa shape index (κ2) is 9.54. The Morgan fingerprint density at radius 2 is 1.97 bits per heavy atom. The van der Waals surface area contributed by atoms with E-state index in [0.717, 1.165) is 56.8 Å². The van der Waals surface area contributed by atoms with Crippen molar-refractivity contribution in [2.24, 2.45) is 11.7 Å². The zero-order chi connectivity index (χ0) is 24.6. The van der Waals surface area contributed by atoms with Gasteiger partial charge in [0.05, 0.1) is 29.2 Å². The van der Waals surface area contributed by atoms with Crippen LogP contribution in [0.25, 0.3) is 5.69 Å². The van der Waals surface area contributed by atoms with Crippen LogP contribution in [0.2, 0.25) is 5.02 Å². The summed E-state index contributed by atoms with van der Waals surface area (Å²) in [5.74, 6) is 13.4. The Labute approximate surface area is 203 Å². The van der Waals surface area contributed by atoms with Gasteiger partial charge in [0.25, 0.3) is 0 Å². The first kappa shape index (κ1) is 23.9. The van der Waals surface area contributed by atoms with Crippen LogP contribution in [0, 0.1) is 13.8 Å². The van der Waals surface area contributed by atoms with Gasteiger partial charge in [0.2, 0.25) is 0 Å². The van der Waals surface area contributed by atoms with E-state index >= 15 is 0 Å². The third-order valence-corrected chi connectivity index (χ3v) is 6.23. The van der Waals surface area contributed by atoms with E-state index in [-0.39, 0.29) is 6.61 Å². The SMILES string of the molecule is COc1c(C)nn(-c2ccc(OCc3c(C4CC4)cccc3N(N)C(=O)N(C)N)c(Cl)c2)c1C. The maximum atomic E-state index is 12.4. The number of carbonyl (C=O) groups excluding carboxylic acids is 1. The van der Waals surface area contributed by atoms with Crippen molar-refractivity contribution in [2.45, 2.75) is 39.2 Å². The van der Waals surface area contributed by atoms with E-state index in [2.05, 4.69) is 5.10 Å². The third-order valence-electron chi connectivity index (χ3n) is 5.93. The van der Waals surface area contributed by atoms with Crippen LogP contribution >= 0.6 is 11.6 Å². The summed E-state index contributed by atoms with van der Waals surface area (Å²) in [6.07, 6.45) is 2.18. The molecule has 0 bridgehead atoms. The molecule has 4 N–H and O–H groups in total. The summed E-state index contributed by atoms with van der Waals surface area (Å²) in [4.78, 5) is 12.4.